The molecule has 0 saturated carbocycles. The minimum Gasteiger partial charge on any atom is -0.222 e. The van der Waals surface area contributed by atoms with Gasteiger partial charge in [-0.15, -0.1) is 0 Å². The van der Waals surface area contributed by atoms with Gasteiger partial charge in [-0.2, -0.15) is 5.10 Å². The molecule has 0 fully saturated rings. The maximum atomic E-state index is 13.3. The first-order chi connectivity index (χ1) is 7.61. The summed E-state index contributed by atoms with van der Waals surface area (Å²) in [6.45, 7) is 1.98. The van der Waals surface area contributed by atoms with Crippen LogP contribution in [0.3, 0.4) is 0 Å². The minimum atomic E-state index is -0.483. The molecule has 0 unspecified atom stereocenters. The standard InChI is InChI=1S/C11H9Cl2FN2/c1-2-7-5-11(13)16(15-7)8-3-4-9(12)10(14)6-8/h3-6H,2H2,1H3. The first-order valence-corrected chi connectivity index (χ1v) is 5.57. The van der Waals surface area contributed by atoms with Crippen molar-refractivity contribution in [3.05, 3.63) is 46.0 Å². The Hall–Kier alpha value is -1.06. The molecule has 16 heavy (non-hydrogen) atoms. The Morgan fingerprint density at radius 1 is 1.31 bits per heavy atom. The molecule has 5 heteroatoms. The highest BCUT2D eigenvalue weighted by molar-refractivity contribution is 6.31. The van der Waals surface area contributed by atoms with Crippen LogP contribution in [0.15, 0.2) is 24.3 Å². The second-order valence-corrected chi connectivity index (χ2v) is 4.12. The molecule has 0 saturated heterocycles. The lowest BCUT2D eigenvalue weighted by molar-refractivity contribution is 0.625. The molecule has 0 bridgehead atoms. The van der Waals surface area contributed by atoms with Crippen molar-refractivity contribution in [1.29, 1.82) is 0 Å². The van der Waals surface area contributed by atoms with E-state index >= 15 is 0 Å². The molecular formula is C11H9Cl2FN2. The molecule has 2 nitrogen and oxygen atoms in total. The van der Waals surface area contributed by atoms with Crippen LogP contribution in [0.25, 0.3) is 5.69 Å². The summed E-state index contributed by atoms with van der Waals surface area (Å²) in [5.41, 5.74) is 1.42. The van der Waals surface area contributed by atoms with Crippen LogP contribution < -0.4 is 0 Å². The van der Waals surface area contributed by atoms with E-state index in [9.17, 15) is 4.39 Å². The van der Waals surface area contributed by atoms with Crippen molar-refractivity contribution in [1.82, 2.24) is 9.78 Å². The highest BCUT2D eigenvalue weighted by Crippen LogP contribution is 2.21. The van der Waals surface area contributed by atoms with Crippen LogP contribution in [-0.4, -0.2) is 9.78 Å². The van der Waals surface area contributed by atoms with Crippen molar-refractivity contribution in [3.63, 3.8) is 0 Å². The van der Waals surface area contributed by atoms with Crippen LogP contribution in [0.5, 0.6) is 0 Å². The van der Waals surface area contributed by atoms with Crippen LogP contribution in [0.2, 0.25) is 10.2 Å². The van der Waals surface area contributed by atoms with E-state index in [-0.39, 0.29) is 5.02 Å². The molecule has 2 aromatic rings. The summed E-state index contributed by atoms with van der Waals surface area (Å²) in [6, 6.07) is 6.22. The number of aryl methyl sites for hydroxylation is 1. The second-order valence-electron chi connectivity index (χ2n) is 3.32. The average Bonchev–Trinajstić information content (AvgIpc) is 2.64. The SMILES string of the molecule is CCc1cc(Cl)n(-c2ccc(Cl)c(F)c2)n1. The maximum absolute atomic E-state index is 13.3. The van der Waals surface area contributed by atoms with Gasteiger partial charge in [0.2, 0.25) is 0 Å². The number of rotatable bonds is 2. The van der Waals surface area contributed by atoms with E-state index in [4.69, 9.17) is 23.2 Å². The van der Waals surface area contributed by atoms with E-state index in [1.165, 1.54) is 16.8 Å². The molecule has 2 rings (SSSR count). The molecular weight excluding hydrogens is 250 g/mol. The molecule has 0 aliphatic heterocycles. The number of hydrogen-bond acceptors (Lipinski definition) is 1. The molecule has 0 aliphatic rings. The zero-order valence-electron chi connectivity index (χ0n) is 8.54. The molecule has 1 aromatic carbocycles. The van der Waals surface area contributed by atoms with Crippen LogP contribution in [0.1, 0.15) is 12.6 Å². The van der Waals surface area contributed by atoms with Crippen molar-refractivity contribution in [2.45, 2.75) is 13.3 Å². The van der Waals surface area contributed by atoms with Crippen LogP contribution in [0, 0.1) is 5.82 Å². The van der Waals surface area contributed by atoms with Crippen molar-refractivity contribution in [2.24, 2.45) is 0 Å². The Morgan fingerprint density at radius 2 is 2.06 bits per heavy atom. The average molecular weight is 259 g/mol. The monoisotopic (exact) mass is 258 g/mol. The lowest BCUT2D eigenvalue weighted by Gasteiger charge is -2.03. The second kappa shape index (κ2) is 4.44. The Labute approximate surface area is 103 Å². The molecule has 0 N–H and O–H groups in total. The van der Waals surface area contributed by atoms with Gasteiger partial charge in [-0.1, -0.05) is 30.1 Å². The van der Waals surface area contributed by atoms with Crippen LogP contribution in [0.4, 0.5) is 4.39 Å². The Balaban J connectivity index is 2.49. The third-order valence-electron chi connectivity index (χ3n) is 2.23. The van der Waals surface area contributed by atoms with Gasteiger partial charge in [0.05, 0.1) is 16.4 Å². The zero-order valence-corrected chi connectivity index (χ0v) is 10.1. The van der Waals surface area contributed by atoms with Gasteiger partial charge in [0.1, 0.15) is 11.0 Å². The normalized spacial score (nSPS) is 10.8. The van der Waals surface area contributed by atoms with Gasteiger partial charge in [0.25, 0.3) is 0 Å². The van der Waals surface area contributed by atoms with E-state index in [1.807, 2.05) is 6.92 Å². The number of aromatic nitrogens is 2. The predicted octanol–water partition coefficient (Wildman–Crippen LogP) is 3.88. The lowest BCUT2D eigenvalue weighted by atomic mass is 10.3. The van der Waals surface area contributed by atoms with Crippen molar-refractivity contribution >= 4 is 23.2 Å². The highest BCUT2D eigenvalue weighted by Gasteiger charge is 2.08. The van der Waals surface area contributed by atoms with E-state index in [0.29, 0.717) is 10.8 Å². The zero-order chi connectivity index (χ0) is 11.7. The maximum Gasteiger partial charge on any atom is 0.143 e. The number of nitrogens with zero attached hydrogens (tertiary/aromatic N) is 2. The third kappa shape index (κ3) is 2.06. The number of hydrogen-bond donors (Lipinski definition) is 0. The summed E-state index contributed by atoms with van der Waals surface area (Å²) in [5.74, 6) is -0.483. The van der Waals surface area contributed by atoms with Crippen molar-refractivity contribution in [2.75, 3.05) is 0 Å². The quantitative estimate of drug-likeness (QED) is 0.800. The molecule has 1 aromatic heterocycles. The Morgan fingerprint density at radius 3 is 2.62 bits per heavy atom. The van der Waals surface area contributed by atoms with Gasteiger partial charge in [-0.25, -0.2) is 9.07 Å². The molecule has 0 amide bonds. The largest absolute Gasteiger partial charge is 0.222 e. The topological polar surface area (TPSA) is 17.8 Å². The fraction of sp³-hybridized carbons (Fsp3) is 0.182. The molecule has 0 radical (unpaired) electrons. The van der Waals surface area contributed by atoms with Gasteiger partial charge >= 0.3 is 0 Å². The van der Waals surface area contributed by atoms with Gasteiger partial charge in [-0.3, -0.25) is 0 Å². The molecule has 1 heterocycles. The van der Waals surface area contributed by atoms with Crippen molar-refractivity contribution < 1.29 is 4.39 Å². The van der Waals surface area contributed by atoms with E-state index in [0.717, 1.165) is 12.1 Å². The minimum absolute atomic E-state index is 0.0859. The summed E-state index contributed by atoms with van der Waals surface area (Å²) in [5, 5.41) is 4.79. The first-order valence-electron chi connectivity index (χ1n) is 4.81. The Kier molecular flexibility index (Phi) is 3.17. The van der Waals surface area contributed by atoms with Gasteiger partial charge in [-0.05, 0) is 24.6 Å². The molecule has 84 valence electrons. The summed E-state index contributed by atoms with van der Waals surface area (Å²) in [4.78, 5) is 0. The van der Waals surface area contributed by atoms with Crippen molar-refractivity contribution in [3.8, 4) is 5.69 Å². The lowest BCUT2D eigenvalue weighted by Crippen LogP contribution is -1.98. The summed E-state index contributed by atoms with van der Waals surface area (Å²) >= 11 is 11.6. The van der Waals surface area contributed by atoms with Gasteiger partial charge in [0, 0.05) is 6.07 Å². The van der Waals surface area contributed by atoms with Gasteiger partial charge < -0.3 is 0 Å². The molecule has 0 aliphatic carbocycles. The summed E-state index contributed by atoms with van der Waals surface area (Å²) in [7, 11) is 0. The number of halogens is 3. The fourth-order valence-electron chi connectivity index (χ4n) is 1.37. The Bertz CT molecular complexity index is 523. The van der Waals surface area contributed by atoms with E-state index in [2.05, 4.69) is 5.10 Å². The molecule has 0 atom stereocenters. The smallest absolute Gasteiger partial charge is 0.143 e. The van der Waals surface area contributed by atoms with Crippen LogP contribution in [-0.2, 0) is 6.42 Å². The molecule has 0 spiro atoms. The first kappa shape index (κ1) is 11.4. The summed E-state index contributed by atoms with van der Waals surface area (Å²) in [6.07, 6.45) is 0.781. The number of benzene rings is 1. The van der Waals surface area contributed by atoms with E-state index < -0.39 is 5.82 Å². The predicted molar refractivity (Wildman–Crippen MR) is 62.9 cm³/mol. The third-order valence-corrected chi connectivity index (χ3v) is 2.80. The summed E-state index contributed by atoms with van der Waals surface area (Å²) < 4.78 is 14.8. The van der Waals surface area contributed by atoms with E-state index in [1.54, 1.807) is 12.1 Å². The van der Waals surface area contributed by atoms with Crippen LogP contribution >= 0.6 is 23.2 Å². The highest BCUT2D eigenvalue weighted by atomic mass is 35.5. The van der Waals surface area contributed by atoms with Gasteiger partial charge in [0.15, 0.2) is 0 Å². The fourth-order valence-corrected chi connectivity index (χ4v) is 1.75.